The van der Waals surface area contributed by atoms with Crippen LogP contribution in [0.15, 0.2) is 22.7 Å². The maximum absolute atomic E-state index is 11.1. The van der Waals surface area contributed by atoms with Crippen molar-refractivity contribution in [1.82, 2.24) is 0 Å². The Morgan fingerprint density at radius 3 is 2.64 bits per heavy atom. The zero-order chi connectivity index (χ0) is 9.84. The minimum atomic E-state index is -0.343. The standard InChI is InChI=1S/C9H10BrNO2.ClH/c1-13-9(12)6-2-3-7(5-11)8(10)4-6;/h2-4H,5,11H2,1H3;1H. The van der Waals surface area contributed by atoms with Crippen molar-refractivity contribution in [2.24, 2.45) is 5.73 Å². The van der Waals surface area contributed by atoms with Crippen LogP contribution < -0.4 is 5.73 Å². The van der Waals surface area contributed by atoms with E-state index in [2.05, 4.69) is 20.7 Å². The molecule has 2 N–H and O–H groups in total. The number of hydrogen-bond acceptors (Lipinski definition) is 3. The van der Waals surface area contributed by atoms with Gasteiger partial charge < -0.3 is 10.5 Å². The van der Waals surface area contributed by atoms with Crippen LogP contribution in [0.5, 0.6) is 0 Å². The van der Waals surface area contributed by atoms with E-state index in [1.54, 1.807) is 18.2 Å². The van der Waals surface area contributed by atoms with Gasteiger partial charge in [0.05, 0.1) is 12.7 Å². The molecule has 0 aromatic heterocycles. The first-order valence-corrected chi connectivity index (χ1v) is 4.55. The molecule has 1 aromatic rings. The second-order valence-electron chi connectivity index (χ2n) is 2.50. The summed E-state index contributed by atoms with van der Waals surface area (Å²) in [7, 11) is 1.35. The number of benzene rings is 1. The number of halogens is 2. The Kier molecular flexibility index (Phi) is 5.76. The molecule has 0 fully saturated rings. The van der Waals surface area contributed by atoms with Crippen molar-refractivity contribution in [3.05, 3.63) is 33.8 Å². The van der Waals surface area contributed by atoms with E-state index < -0.39 is 0 Å². The summed E-state index contributed by atoms with van der Waals surface area (Å²) in [5.41, 5.74) is 6.95. The molecule has 0 radical (unpaired) electrons. The first-order chi connectivity index (χ1) is 6.19. The predicted octanol–water partition coefficient (Wildman–Crippen LogP) is 2.12. The summed E-state index contributed by atoms with van der Waals surface area (Å²) in [4.78, 5) is 11.1. The average Bonchev–Trinajstić information content (AvgIpc) is 2.16. The molecule has 78 valence electrons. The van der Waals surface area contributed by atoms with Crippen LogP contribution in [0.3, 0.4) is 0 Å². The van der Waals surface area contributed by atoms with Gasteiger partial charge in [-0.2, -0.15) is 0 Å². The van der Waals surface area contributed by atoms with Gasteiger partial charge in [0.1, 0.15) is 0 Å². The molecule has 0 atom stereocenters. The molecular weight excluding hydrogens is 269 g/mol. The van der Waals surface area contributed by atoms with Crippen LogP contribution in [0.4, 0.5) is 0 Å². The van der Waals surface area contributed by atoms with Crippen LogP contribution >= 0.6 is 28.3 Å². The lowest BCUT2D eigenvalue weighted by Gasteiger charge is -2.03. The number of esters is 1. The minimum absolute atomic E-state index is 0. The van der Waals surface area contributed by atoms with Crippen LogP contribution in [0.25, 0.3) is 0 Å². The summed E-state index contributed by atoms with van der Waals surface area (Å²) in [6, 6.07) is 5.20. The summed E-state index contributed by atoms with van der Waals surface area (Å²) < 4.78 is 5.41. The fourth-order valence-corrected chi connectivity index (χ4v) is 1.50. The molecule has 1 rings (SSSR count). The number of ether oxygens (including phenoxy) is 1. The summed E-state index contributed by atoms with van der Waals surface area (Å²) in [5.74, 6) is -0.343. The highest BCUT2D eigenvalue weighted by molar-refractivity contribution is 9.10. The Labute approximate surface area is 97.2 Å². The number of hydrogen-bond donors (Lipinski definition) is 1. The van der Waals surface area contributed by atoms with Gasteiger partial charge in [-0.25, -0.2) is 4.79 Å². The second kappa shape index (κ2) is 6.01. The number of rotatable bonds is 2. The number of carbonyl (C=O) groups excluding carboxylic acids is 1. The van der Waals surface area contributed by atoms with Gasteiger partial charge in [0.25, 0.3) is 0 Å². The van der Waals surface area contributed by atoms with E-state index in [1.165, 1.54) is 7.11 Å². The molecule has 0 saturated carbocycles. The Balaban J connectivity index is 0.00000169. The third-order valence-corrected chi connectivity index (χ3v) is 2.43. The van der Waals surface area contributed by atoms with Crippen molar-refractivity contribution in [1.29, 1.82) is 0 Å². The van der Waals surface area contributed by atoms with E-state index in [9.17, 15) is 4.79 Å². The zero-order valence-corrected chi connectivity index (χ0v) is 10.0. The van der Waals surface area contributed by atoms with Gasteiger partial charge in [-0.15, -0.1) is 12.4 Å². The molecule has 0 unspecified atom stereocenters. The number of methoxy groups -OCH3 is 1. The van der Waals surface area contributed by atoms with Gasteiger partial charge in [0.15, 0.2) is 0 Å². The Hall–Kier alpha value is -0.580. The van der Waals surface area contributed by atoms with Gasteiger partial charge >= 0.3 is 5.97 Å². The third kappa shape index (κ3) is 2.97. The smallest absolute Gasteiger partial charge is 0.337 e. The van der Waals surface area contributed by atoms with E-state index in [4.69, 9.17) is 5.73 Å². The lowest BCUT2D eigenvalue weighted by molar-refractivity contribution is 0.0600. The Bertz CT molecular complexity index is 331. The molecule has 14 heavy (non-hydrogen) atoms. The summed E-state index contributed by atoms with van der Waals surface area (Å²) in [6.45, 7) is 0.446. The fraction of sp³-hybridized carbons (Fsp3) is 0.222. The average molecular weight is 281 g/mol. The molecule has 0 heterocycles. The second-order valence-corrected chi connectivity index (χ2v) is 3.36. The molecule has 0 saturated heterocycles. The third-order valence-electron chi connectivity index (χ3n) is 1.69. The first kappa shape index (κ1) is 13.4. The molecule has 0 aliphatic carbocycles. The van der Waals surface area contributed by atoms with Crippen LogP contribution in [-0.4, -0.2) is 13.1 Å². The molecule has 3 nitrogen and oxygen atoms in total. The van der Waals surface area contributed by atoms with E-state index in [0.29, 0.717) is 12.1 Å². The summed E-state index contributed by atoms with van der Waals surface area (Å²) >= 11 is 3.32. The van der Waals surface area contributed by atoms with Crippen LogP contribution in [0, 0.1) is 0 Å². The van der Waals surface area contributed by atoms with E-state index in [1.807, 2.05) is 0 Å². The largest absolute Gasteiger partial charge is 0.465 e. The molecule has 0 aliphatic rings. The quantitative estimate of drug-likeness (QED) is 0.844. The minimum Gasteiger partial charge on any atom is -0.465 e. The molecular formula is C9H11BrClNO2. The van der Waals surface area contributed by atoms with Crippen molar-refractivity contribution < 1.29 is 9.53 Å². The van der Waals surface area contributed by atoms with Crippen molar-refractivity contribution in [3.63, 3.8) is 0 Å². The van der Waals surface area contributed by atoms with Crippen LogP contribution in [0.1, 0.15) is 15.9 Å². The monoisotopic (exact) mass is 279 g/mol. The maximum atomic E-state index is 11.1. The number of nitrogens with two attached hydrogens (primary N) is 1. The number of carbonyl (C=O) groups is 1. The molecule has 0 aliphatic heterocycles. The lowest BCUT2D eigenvalue weighted by Crippen LogP contribution is -2.03. The van der Waals surface area contributed by atoms with E-state index in [0.717, 1.165) is 10.0 Å². The fourth-order valence-electron chi connectivity index (χ4n) is 0.958. The van der Waals surface area contributed by atoms with Gasteiger partial charge in [0.2, 0.25) is 0 Å². The van der Waals surface area contributed by atoms with Crippen LogP contribution in [0.2, 0.25) is 0 Å². The van der Waals surface area contributed by atoms with Gasteiger partial charge in [0, 0.05) is 11.0 Å². The molecule has 0 bridgehead atoms. The van der Waals surface area contributed by atoms with Crippen molar-refractivity contribution in [2.45, 2.75) is 6.54 Å². The van der Waals surface area contributed by atoms with Gasteiger partial charge in [-0.3, -0.25) is 0 Å². The molecule has 1 aromatic carbocycles. The maximum Gasteiger partial charge on any atom is 0.337 e. The summed E-state index contributed by atoms with van der Waals surface area (Å²) in [5, 5.41) is 0. The van der Waals surface area contributed by atoms with Gasteiger partial charge in [-0.05, 0) is 17.7 Å². The normalized spacial score (nSPS) is 9.07. The molecule has 0 amide bonds. The topological polar surface area (TPSA) is 52.3 Å². The SMILES string of the molecule is COC(=O)c1ccc(CN)c(Br)c1.Cl. The predicted molar refractivity (Wildman–Crippen MR) is 60.6 cm³/mol. The van der Waals surface area contributed by atoms with Crippen molar-refractivity contribution in [2.75, 3.05) is 7.11 Å². The van der Waals surface area contributed by atoms with Crippen LogP contribution in [-0.2, 0) is 11.3 Å². The van der Waals surface area contributed by atoms with E-state index >= 15 is 0 Å². The first-order valence-electron chi connectivity index (χ1n) is 3.76. The Morgan fingerprint density at radius 1 is 1.57 bits per heavy atom. The summed E-state index contributed by atoms with van der Waals surface area (Å²) in [6.07, 6.45) is 0. The lowest BCUT2D eigenvalue weighted by atomic mass is 10.1. The Morgan fingerprint density at radius 2 is 2.21 bits per heavy atom. The highest BCUT2D eigenvalue weighted by atomic mass is 79.9. The zero-order valence-electron chi connectivity index (χ0n) is 7.62. The van der Waals surface area contributed by atoms with E-state index in [-0.39, 0.29) is 18.4 Å². The highest BCUT2D eigenvalue weighted by Gasteiger charge is 2.06. The van der Waals surface area contributed by atoms with Gasteiger partial charge in [-0.1, -0.05) is 22.0 Å². The van der Waals surface area contributed by atoms with Crippen molar-refractivity contribution >= 4 is 34.3 Å². The molecule has 5 heteroatoms. The van der Waals surface area contributed by atoms with Crippen molar-refractivity contribution in [3.8, 4) is 0 Å². The molecule has 0 spiro atoms. The highest BCUT2D eigenvalue weighted by Crippen LogP contribution is 2.18.